The molecule has 1 saturated carbocycles. The number of carbonyl (C=O) groups is 3. The van der Waals surface area contributed by atoms with E-state index in [1.807, 2.05) is 30.3 Å². The summed E-state index contributed by atoms with van der Waals surface area (Å²) in [6.45, 7) is 0.315. The molecular weight excluding hydrogens is 266 g/mol. The molecule has 1 heterocycles. The van der Waals surface area contributed by atoms with Gasteiger partial charge in [-0.15, -0.1) is 0 Å². The number of likely N-dealkylation sites (tertiary alicyclic amines) is 1. The second-order valence-corrected chi connectivity index (χ2v) is 5.93. The molecule has 2 atom stereocenters. The number of hydrogen-bond donors (Lipinski definition) is 0. The third-order valence-electron chi connectivity index (χ3n) is 4.55. The Morgan fingerprint density at radius 1 is 1.00 bits per heavy atom. The molecule has 0 bridgehead atoms. The highest BCUT2D eigenvalue weighted by Crippen LogP contribution is 2.35. The largest absolute Gasteiger partial charge is 0.299 e. The van der Waals surface area contributed by atoms with Crippen LogP contribution in [0.2, 0.25) is 0 Å². The molecule has 21 heavy (non-hydrogen) atoms. The molecular formula is C17H19NO3. The van der Waals surface area contributed by atoms with Crippen molar-refractivity contribution in [1.29, 1.82) is 0 Å². The lowest BCUT2D eigenvalue weighted by molar-refractivity contribution is -0.142. The molecule has 1 aromatic rings. The van der Waals surface area contributed by atoms with Crippen LogP contribution in [0, 0.1) is 11.8 Å². The summed E-state index contributed by atoms with van der Waals surface area (Å²) in [5.41, 5.74) is 0.940. The van der Waals surface area contributed by atoms with Crippen LogP contribution in [-0.4, -0.2) is 22.5 Å². The Kier molecular flexibility index (Phi) is 3.86. The Bertz CT molecular complexity index is 567. The average Bonchev–Trinajstić information content (AvgIpc) is 2.77. The smallest absolute Gasteiger partial charge is 0.233 e. The number of nitrogens with zero attached hydrogens (tertiary/aromatic N) is 1. The number of imide groups is 1. The zero-order valence-corrected chi connectivity index (χ0v) is 12.0. The van der Waals surface area contributed by atoms with Crippen molar-refractivity contribution in [2.24, 2.45) is 11.8 Å². The van der Waals surface area contributed by atoms with Crippen molar-refractivity contribution in [3.63, 3.8) is 0 Å². The molecule has 1 aliphatic heterocycles. The summed E-state index contributed by atoms with van der Waals surface area (Å²) in [7, 11) is 0. The fourth-order valence-electron chi connectivity index (χ4n) is 3.39. The molecule has 1 saturated heterocycles. The molecule has 2 fully saturated rings. The monoisotopic (exact) mass is 285 g/mol. The second-order valence-electron chi connectivity index (χ2n) is 5.93. The van der Waals surface area contributed by atoms with E-state index in [0.29, 0.717) is 13.0 Å². The lowest BCUT2D eigenvalue weighted by Crippen LogP contribution is -2.35. The molecule has 4 nitrogen and oxygen atoms in total. The predicted octanol–water partition coefficient (Wildman–Crippen LogP) is 2.32. The zero-order valence-electron chi connectivity index (χ0n) is 12.0. The third-order valence-corrected chi connectivity index (χ3v) is 4.55. The summed E-state index contributed by atoms with van der Waals surface area (Å²) in [6.07, 6.45) is 3.40. The Balaban J connectivity index is 1.74. The van der Waals surface area contributed by atoms with Gasteiger partial charge in [0.05, 0.1) is 12.5 Å². The summed E-state index contributed by atoms with van der Waals surface area (Å²) in [4.78, 5) is 38.0. The number of amides is 2. The van der Waals surface area contributed by atoms with Gasteiger partial charge in [0.15, 0.2) is 0 Å². The first-order valence-electron chi connectivity index (χ1n) is 7.57. The van der Waals surface area contributed by atoms with E-state index in [0.717, 1.165) is 24.8 Å². The standard InChI is InChI=1S/C17H19NO3/c19-15-9-5-4-8-13(15)14-10-16(20)18(17(14)21)11-12-6-2-1-3-7-12/h1-3,6-7,13-14H,4-5,8-11H2/t13?,14-/m1/s1. The SMILES string of the molecule is O=C1CCCCC1[C@H]1CC(=O)N(Cc2ccccc2)C1=O. The Labute approximate surface area is 124 Å². The summed E-state index contributed by atoms with van der Waals surface area (Å²) in [6, 6.07) is 9.49. The predicted molar refractivity (Wildman–Crippen MR) is 77.1 cm³/mol. The lowest BCUT2D eigenvalue weighted by Gasteiger charge is -2.24. The Morgan fingerprint density at radius 2 is 1.76 bits per heavy atom. The van der Waals surface area contributed by atoms with Crippen LogP contribution in [0.3, 0.4) is 0 Å². The van der Waals surface area contributed by atoms with Gasteiger partial charge in [-0.1, -0.05) is 36.8 Å². The Hall–Kier alpha value is -1.97. The van der Waals surface area contributed by atoms with Gasteiger partial charge in [0.2, 0.25) is 11.8 Å². The van der Waals surface area contributed by atoms with E-state index in [9.17, 15) is 14.4 Å². The molecule has 0 N–H and O–H groups in total. The van der Waals surface area contributed by atoms with Crippen molar-refractivity contribution < 1.29 is 14.4 Å². The van der Waals surface area contributed by atoms with E-state index < -0.39 is 5.92 Å². The van der Waals surface area contributed by atoms with Gasteiger partial charge in [-0.2, -0.15) is 0 Å². The fourth-order valence-corrected chi connectivity index (χ4v) is 3.39. The molecule has 1 unspecified atom stereocenters. The van der Waals surface area contributed by atoms with E-state index in [1.54, 1.807) is 0 Å². The van der Waals surface area contributed by atoms with Crippen LogP contribution >= 0.6 is 0 Å². The minimum absolute atomic E-state index is 0.146. The van der Waals surface area contributed by atoms with Gasteiger partial charge in [0.1, 0.15) is 5.78 Å². The fraction of sp³-hybridized carbons (Fsp3) is 0.471. The molecule has 0 radical (unpaired) electrons. The minimum Gasteiger partial charge on any atom is -0.299 e. The van der Waals surface area contributed by atoms with Crippen LogP contribution in [0.1, 0.15) is 37.7 Å². The van der Waals surface area contributed by atoms with Gasteiger partial charge in [0.25, 0.3) is 0 Å². The van der Waals surface area contributed by atoms with Crippen molar-refractivity contribution in [3.8, 4) is 0 Å². The highest BCUT2D eigenvalue weighted by Gasteiger charge is 2.45. The molecule has 2 amide bonds. The quantitative estimate of drug-likeness (QED) is 0.801. The number of rotatable bonds is 3. The van der Waals surface area contributed by atoms with Gasteiger partial charge >= 0.3 is 0 Å². The first-order valence-corrected chi connectivity index (χ1v) is 7.57. The maximum atomic E-state index is 12.5. The van der Waals surface area contributed by atoms with E-state index in [2.05, 4.69) is 0 Å². The average molecular weight is 285 g/mol. The number of hydrogen-bond acceptors (Lipinski definition) is 3. The highest BCUT2D eigenvalue weighted by molar-refractivity contribution is 6.05. The van der Waals surface area contributed by atoms with Crippen LogP contribution in [0.5, 0.6) is 0 Å². The molecule has 0 spiro atoms. The lowest BCUT2D eigenvalue weighted by atomic mass is 9.78. The maximum Gasteiger partial charge on any atom is 0.233 e. The number of benzene rings is 1. The van der Waals surface area contributed by atoms with Crippen molar-refractivity contribution in [2.75, 3.05) is 0 Å². The molecule has 110 valence electrons. The number of carbonyl (C=O) groups excluding carboxylic acids is 3. The molecule has 1 aromatic carbocycles. The Morgan fingerprint density at radius 3 is 2.48 bits per heavy atom. The summed E-state index contributed by atoms with van der Waals surface area (Å²) >= 11 is 0. The van der Waals surface area contributed by atoms with Gasteiger partial charge in [-0.3, -0.25) is 19.3 Å². The van der Waals surface area contributed by atoms with E-state index >= 15 is 0 Å². The van der Waals surface area contributed by atoms with Crippen LogP contribution in [0.4, 0.5) is 0 Å². The van der Waals surface area contributed by atoms with Crippen LogP contribution < -0.4 is 0 Å². The maximum absolute atomic E-state index is 12.5. The van der Waals surface area contributed by atoms with Crippen molar-refractivity contribution in [1.82, 2.24) is 4.90 Å². The summed E-state index contributed by atoms with van der Waals surface area (Å²) in [5, 5.41) is 0. The van der Waals surface area contributed by atoms with Crippen molar-refractivity contribution in [3.05, 3.63) is 35.9 Å². The van der Waals surface area contributed by atoms with Gasteiger partial charge in [-0.25, -0.2) is 0 Å². The molecule has 3 rings (SSSR count). The molecule has 2 aliphatic rings. The third kappa shape index (κ3) is 2.75. The molecule has 0 aromatic heterocycles. The summed E-state index contributed by atoms with van der Waals surface area (Å²) in [5.74, 6) is -0.810. The summed E-state index contributed by atoms with van der Waals surface area (Å²) < 4.78 is 0. The first-order chi connectivity index (χ1) is 10.2. The van der Waals surface area contributed by atoms with E-state index in [1.165, 1.54) is 4.90 Å². The van der Waals surface area contributed by atoms with E-state index in [4.69, 9.17) is 0 Å². The van der Waals surface area contributed by atoms with Gasteiger partial charge in [-0.05, 0) is 18.4 Å². The van der Waals surface area contributed by atoms with E-state index in [-0.39, 0.29) is 29.9 Å². The molecule has 4 heteroatoms. The minimum atomic E-state index is -0.422. The second kappa shape index (κ2) is 5.80. The topological polar surface area (TPSA) is 54.5 Å². The van der Waals surface area contributed by atoms with Gasteiger partial charge < -0.3 is 0 Å². The highest BCUT2D eigenvalue weighted by atomic mass is 16.2. The zero-order chi connectivity index (χ0) is 14.8. The van der Waals surface area contributed by atoms with Crippen LogP contribution in [0.25, 0.3) is 0 Å². The van der Waals surface area contributed by atoms with Crippen LogP contribution in [-0.2, 0) is 20.9 Å². The normalized spacial score (nSPS) is 26.5. The van der Waals surface area contributed by atoms with Crippen molar-refractivity contribution in [2.45, 2.75) is 38.6 Å². The van der Waals surface area contributed by atoms with Gasteiger partial charge in [0, 0.05) is 18.8 Å². The first kappa shape index (κ1) is 14.0. The number of ketones is 1. The molecule has 1 aliphatic carbocycles. The number of Topliss-reactive ketones (excluding diaryl/α,β-unsaturated/α-hetero) is 1. The van der Waals surface area contributed by atoms with Crippen LogP contribution in [0.15, 0.2) is 30.3 Å². The van der Waals surface area contributed by atoms with Crippen molar-refractivity contribution >= 4 is 17.6 Å².